The van der Waals surface area contributed by atoms with E-state index in [1.54, 1.807) is 7.11 Å². The molecule has 3 aromatic rings. The van der Waals surface area contributed by atoms with Crippen LogP contribution in [0.5, 0.6) is 5.75 Å². The summed E-state index contributed by atoms with van der Waals surface area (Å²) in [6, 6.07) is 27.6. The van der Waals surface area contributed by atoms with Gasteiger partial charge in [0.15, 0.2) is 0 Å². The predicted octanol–water partition coefficient (Wildman–Crippen LogP) is 7.21. The second-order valence-electron chi connectivity index (χ2n) is 11.0. The highest BCUT2D eigenvalue weighted by Crippen LogP contribution is 2.38. The number of carbonyl (C=O) groups excluding carboxylic acids is 1. The van der Waals surface area contributed by atoms with E-state index < -0.39 is 0 Å². The first-order valence-electron chi connectivity index (χ1n) is 13.6. The summed E-state index contributed by atoms with van der Waals surface area (Å²) in [6.45, 7) is 7.47. The second kappa shape index (κ2) is 12.0. The van der Waals surface area contributed by atoms with Crippen LogP contribution in [0.25, 0.3) is 0 Å². The summed E-state index contributed by atoms with van der Waals surface area (Å²) in [5.41, 5.74) is 4.92. The fourth-order valence-electron chi connectivity index (χ4n) is 5.55. The van der Waals surface area contributed by atoms with Crippen molar-refractivity contribution < 1.29 is 9.53 Å². The minimum absolute atomic E-state index is 0.0139. The molecule has 3 atom stereocenters. The molecule has 0 spiro atoms. The first-order valence-corrected chi connectivity index (χ1v) is 13.6. The van der Waals surface area contributed by atoms with Crippen molar-refractivity contribution in [3.8, 4) is 5.75 Å². The van der Waals surface area contributed by atoms with E-state index in [9.17, 15) is 4.79 Å². The summed E-state index contributed by atoms with van der Waals surface area (Å²) in [5, 5.41) is 3.29. The van der Waals surface area contributed by atoms with E-state index >= 15 is 0 Å². The van der Waals surface area contributed by atoms with Gasteiger partial charge in [0.05, 0.1) is 13.2 Å². The van der Waals surface area contributed by atoms with Crippen molar-refractivity contribution in [3.05, 3.63) is 101 Å². The number of hydrogen-bond donors (Lipinski definition) is 1. The van der Waals surface area contributed by atoms with Crippen LogP contribution in [-0.2, 0) is 16.9 Å². The van der Waals surface area contributed by atoms with E-state index in [4.69, 9.17) is 4.74 Å². The van der Waals surface area contributed by atoms with Crippen LogP contribution in [0.2, 0.25) is 0 Å². The van der Waals surface area contributed by atoms with Crippen molar-refractivity contribution in [2.24, 2.45) is 5.92 Å². The first kappa shape index (κ1) is 26.9. The minimum atomic E-state index is -0.0624. The van der Waals surface area contributed by atoms with Gasteiger partial charge >= 0.3 is 0 Å². The molecule has 0 bridgehead atoms. The van der Waals surface area contributed by atoms with E-state index in [0.29, 0.717) is 0 Å². The number of benzene rings is 3. The molecule has 0 radical (unpaired) electrons. The molecule has 3 aromatic carbocycles. The Hall–Kier alpha value is -3.11. The van der Waals surface area contributed by atoms with Gasteiger partial charge in [0.25, 0.3) is 0 Å². The van der Waals surface area contributed by atoms with Gasteiger partial charge in [-0.15, -0.1) is 0 Å². The van der Waals surface area contributed by atoms with Crippen LogP contribution in [-0.4, -0.2) is 25.0 Å². The van der Waals surface area contributed by atoms with Crippen LogP contribution in [0.15, 0.2) is 78.9 Å². The molecule has 0 saturated heterocycles. The number of carbonyl (C=O) groups is 1. The number of rotatable bonds is 9. The monoisotopic (exact) mass is 498 g/mol. The van der Waals surface area contributed by atoms with E-state index in [0.717, 1.165) is 37.1 Å². The normalized spacial score (nSPS) is 18.9. The third kappa shape index (κ3) is 6.42. The molecule has 37 heavy (non-hydrogen) atoms. The lowest BCUT2D eigenvalue weighted by Gasteiger charge is -2.36. The van der Waals surface area contributed by atoms with Crippen LogP contribution >= 0.6 is 0 Å². The molecule has 1 saturated carbocycles. The molecule has 4 rings (SSSR count). The molecule has 0 aliphatic heterocycles. The lowest BCUT2D eigenvalue weighted by Crippen LogP contribution is -2.38. The molecule has 1 aliphatic rings. The highest BCUT2D eigenvalue weighted by molar-refractivity contribution is 5.80. The molecule has 4 nitrogen and oxygen atoms in total. The van der Waals surface area contributed by atoms with Gasteiger partial charge in [-0.1, -0.05) is 79.6 Å². The number of ether oxygens (including phenoxy) is 1. The second-order valence-corrected chi connectivity index (χ2v) is 11.0. The zero-order chi connectivity index (χ0) is 26.4. The molecule has 0 heterocycles. The zero-order valence-corrected chi connectivity index (χ0v) is 23.0. The van der Waals surface area contributed by atoms with E-state index in [1.165, 1.54) is 23.1 Å². The summed E-state index contributed by atoms with van der Waals surface area (Å²) in [5.74, 6) is 1.28. The number of nitrogens with zero attached hydrogens (tertiary/aromatic N) is 1. The van der Waals surface area contributed by atoms with Gasteiger partial charge in [-0.25, -0.2) is 0 Å². The highest BCUT2D eigenvalue weighted by Gasteiger charge is 2.33. The maximum atomic E-state index is 13.4. The first-order chi connectivity index (χ1) is 17.8. The van der Waals surface area contributed by atoms with Gasteiger partial charge in [-0.2, -0.15) is 0 Å². The quantitative estimate of drug-likeness (QED) is 0.339. The fourth-order valence-corrected chi connectivity index (χ4v) is 5.55. The third-order valence-corrected chi connectivity index (χ3v) is 8.34. The van der Waals surface area contributed by atoms with Gasteiger partial charge in [0.1, 0.15) is 5.75 Å². The molecule has 0 aromatic heterocycles. The van der Waals surface area contributed by atoms with Crippen LogP contribution in [0.1, 0.15) is 80.7 Å². The van der Waals surface area contributed by atoms with Crippen molar-refractivity contribution >= 4 is 5.91 Å². The Bertz CT molecular complexity index is 1140. The molecular formula is C33H42N2O2. The summed E-state index contributed by atoms with van der Waals surface area (Å²) in [7, 11) is 3.85. The predicted molar refractivity (Wildman–Crippen MR) is 152 cm³/mol. The Morgan fingerprint density at radius 3 is 2.27 bits per heavy atom. The Kier molecular flexibility index (Phi) is 8.71. The van der Waals surface area contributed by atoms with Crippen LogP contribution < -0.4 is 10.1 Å². The van der Waals surface area contributed by atoms with Crippen molar-refractivity contribution in [3.63, 3.8) is 0 Å². The fraction of sp³-hybridized carbons (Fsp3) is 0.424. The largest absolute Gasteiger partial charge is 0.497 e. The number of nitrogens with one attached hydrogen (secondary N) is 1. The number of hydrogen-bond acceptors (Lipinski definition) is 3. The molecule has 1 unspecified atom stereocenters. The lowest BCUT2D eigenvalue weighted by atomic mass is 9.74. The van der Waals surface area contributed by atoms with Crippen molar-refractivity contribution in [1.82, 2.24) is 10.2 Å². The van der Waals surface area contributed by atoms with Crippen molar-refractivity contribution in [2.45, 2.75) is 70.5 Å². The van der Waals surface area contributed by atoms with Crippen LogP contribution in [0.4, 0.5) is 0 Å². The van der Waals surface area contributed by atoms with Gasteiger partial charge < -0.3 is 10.1 Å². The number of methoxy groups -OCH3 is 1. The maximum absolute atomic E-state index is 13.4. The van der Waals surface area contributed by atoms with Crippen molar-refractivity contribution in [2.75, 3.05) is 14.2 Å². The zero-order valence-electron chi connectivity index (χ0n) is 23.0. The van der Waals surface area contributed by atoms with E-state index in [1.807, 2.05) is 24.3 Å². The average molecular weight is 499 g/mol. The van der Waals surface area contributed by atoms with E-state index in [2.05, 4.69) is 92.6 Å². The summed E-state index contributed by atoms with van der Waals surface area (Å²) >= 11 is 0. The van der Waals surface area contributed by atoms with Crippen LogP contribution in [0.3, 0.4) is 0 Å². The summed E-state index contributed by atoms with van der Waals surface area (Å²) < 4.78 is 5.26. The van der Waals surface area contributed by atoms with Crippen LogP contribution in [0, 0.1) is 5.92 Å². The Labute approximate surface area is 223 Å². The third-order valence-electron chi connectivity index (χ3n) is 8.34. The molecule has 1 amide bonds. The van der Waals surface area contributed by atoms with Gasteiger partial charge in [-0.05, 0) is 81.0 Å². The minimum Gasteiger partial charge on any atom is -0.497 e. The molecule has 4 heteroatoms. The lowest BCUT2D eigenvalue weighted by molar-refractivity contribution is -0.127. The van der Waals surface area contributed by atoms with Gasteiger partial charge in [-0.3, -0.25) is 9.69 Å². The van der Waals surface area contributed by atoms with Crippen molar-refractivity contribution in [1.29, 1.82) is 0 Å². The average Bonchev–Trinajstić information content (AvgIpc) is 2.94. The number of amides is 1. The highest BCUT2D eigenvalue weighted by atomic mass is 16.5. The Morgan fingerprint density at radius 2 is 1.62 bits per heavy atom. The standard InChI is InChI=1S/C33H42N2O2/c1-24(26-19-21-29(37-5)22-20-26)34-32(36)31-14-10-9-13-30(31)27-17-15-25(16-18-27)23-35(4)33(2,3)28-11-7-6-8-12-28/h6-8,11-12,15-22,24,30-31H,9-10,13-14,23H2,1-5H3,(H,34,36)/t24?,30-,31+/m1/s1. The SMILES string of the molecule is COc1ccc(C(C)NC(=O)[C@H]2CCCC[C@@H]2c2ccc(CN(C)C(C)(C)c3ccccc3)cc2)cc1. The Balaban J connectivity index is 1.41. The maximum Gasteiger partial charge on any atom is 0.224 e. The molecule has 1 aliphatic carbocycles. The van der Waals surface area contributed by atoms with E-state index in [-0.39, 0.29) is 29.3 Å². The summed E-state index contributed by atoms with van der Waals surface area (Å²) in [6.07, 6.45) is 4.30. The molecular weight excluding hydrogens is 456 g/mol. The van der Waals surface area contributed by atoms with Gasteiger partial charge in [0.2, 0.25) is 5.91 Å². The smallest absolute Gasteiger partial charge is 0.224 e. The summed E-state index contributed by atoms with van der Waals surface area (Å²) in [4.78, 5) is 15.8. The Morgan fingerprint density at radius 1 is 0.973 bits per heavy atom. The van der Waals surface area contributed by atoms with Gasteiger partial charge in [0, 0.05) is 18.0 Å². The molecule has 1 fully saturated rings. The topological polar surface area (TPSA) is 41.6 Å². The molecule has 1 N–H and O–H groups in total. The molecule has 196 valence electrons.